The second-order valence-electron chi connectivity index (χ2n) is 5.35. The molecule has 1 atom stereocenters. The van der Waals surface area contributed by atoms with Crippen LogP contribution in [0.5, 0.6) is 0 Å². The molecule has 0 bridgehead atoms. The van der Waals surface area contributed by atoms with Crippen molar-refractivity contribution in [2.24, 2.45) is 11.8 Å². The van der Waals surface area contributed by atoms with Crippen LogP contribution < -0.4 is 11.3 Å². The van der Waals surface area contributed by atoms with E-state index in [1.165, 1.54) is 16.6 Å². The number of anilines is 1. The molecule has 1 aliphatic heterocycles. The summed E-state index contributed by atoms with van der Waals surface area (Å²) in [5.41, 5.74) is 2.31. The zero-order valence-electron chi connectivity index (χ0n) is 12.1. The molecule has 9 heteroatoms. The van der Waals surface area contributed by atoms with E-state index in [0.29, 0.717) is 12.5 Å². The summed E-state index contributed by atoms with van der Waals surface area (Å²) in [4.78, 5) is 6.18. The monoisotopic (exact) mass is 333 g/mol. The summed E-state index contributed by atoms with van der Waals surface area (Å²) in [5, 5.41) is 0.174. The topological polar surface area (TPSA) is 91.6 Å². The van der Waals surface area contributed by atoms with Gasteiger partial charge in [0.1, 0.15) is 4.90 Å². The summed E-state index contributed by atoms with van der Waals surface area (Å²) in [6.07, 6.45) is 2.26. The number of hydrogen-bond acceptors (Lipinski definition) is 6. The van der Waals surface area contributed by atoms with E-state index in [2.05, 4.69) is 15.3 Å². The smallest absolute Gasteiger partial charge is 0.244 e. The van der Waals surface area contributed by atoms with Crippen LogP contribution in [0.3, 0.4) is 0 Å². The Bertz CT molecular complexity index is 610. The average molecular weight is 334 g/mol. The van der Waals surface area contributed by atoms with Crippen LogP contribution in [0.1, 0.15) is 6.42 Å². The van der Waals surface area contributed by atoms with Crippen LogP contribution in [0.15, 0.2) is 17.2 Å². The average Bonchev–Trinajstić information content (AvgIpc) is 2.83. The van der Waals surface area contributed by atoms with Gasteiger partial charge in [0.2, 0.25) is 10.0 Å². The van der Waals surface area contributed by atoms with Gasteiger partial charge in [-0.1, -0.05) is 11.6 Å². The Balaban J connectivity index is 2.15. The van der Waals surface area contributed by atoms with Crippen molar-refractivity contribution in [1.29, 1.82) is 0 Å². The Morgan fingerprint density at radius 1 is 1.62 bits per heavy atom. The van der Waals surface area contributed by atoms with Crippen LogP contribution in [0.4, 0.5) is 5.82 Å². The summed E-state index contributed by atoms with van der Waals surface area (Å²) in [7, 11) is 0.0263. The number of nitrogens with zero attached hydrogens (tertiary/aromatic N) is 3. The van der Waals surface area contributed by atoms with Crippen molar-refractivity contribution in [1.82, 2.24) is 14.2 Å². The number of hydrogen-bond donors (Lipinski definition) is 2. The molecule has 0 amide bonds. The van der Waals surface area contributed by atoms with Crippen LogP contribution in [0.2, 0.25) is 5.02 Å². The number of pyridine rings is 1. The maximum absolute atomic E-state index is 12.5. The standard InChI is InChI=1S/C12H20ClN5O2S/c1-17-4-3-9(7-17)8-18(2)21(19,20)10-5-11(13)12(16-14)15-6-10/h5-6,9H,3-4,7-8,14H2,1-2H3,(H,15,16). The van der Waals surface area contributed by atoms with Gasteiger partial charge in [0, 0.05) is 26.3 Å². The molecule has 1 aromatic heterocycles. The van der Waals surface area contributed by atoms with Gasteiger partial charge in [0.05, 0.1) is 5.02 Å². The van der Waals surface area contributed by atoms with E-state index >= 15 is 0 Å². The number of nitrogens with one attached hydrogen (secondary N) is 1. The predicted molar refractivity (Wildman–Crippen MR) is 82.5 cm³/mol. The Kier molecular flexibility index (Phi) is 5.05. The van der Waals surface area contributed by atoms with Crippen molar-refractivity contribution < 1.29 is 8.42 Å². The molecule has 1 unspecified atom stereocenters. The summed E-state index contributed by atoms with van der Waals surface area (Å²) < 4.78 is 26.4. The second-order valence-corrected chi connectivity index (χ2v) is 7.80. The highest BCUT2D eigenvalue weighted by Gasteiger charge is 2.27. The summed E-state index contributed by atoms with van der Waals surface area (Å²) >= 11 is 5.94. The maximum atomic E-state index is 12.5. The van der Waals surface area contributed by atoms with E-state index in [-0.39, 0.29) is 15.7 Å². The lowest BCUT2D eigenvalue weighted by Gasteiger charge is -2.21. The van der Waals surface area contributed by atoms with Gasteiger partial charge >= 0.3 is 0 Å². The molecule has 2 rings (SSSR count). The lowest BCUT2D eigenvalue weighted by atomic mass is 10.1. The normalized spacial score (nSPS) is 20.1. The molecule has 0 spiro atoms. The molecule has 0 aromatic carbocycles. The molecule has 0 radical (unpaired) electrons. The molecule has 1 aliphatic rings. The molecule has 2 heterocycles. The minimum absolute atomic E-state index is 0.0698. The van der Waals surface area contributed by atoms with E-state index in [1.807, 2.05) is 7.05 Å². The maximum Gasteiger partial charge on any atom is 0.244 e. The molecular formula is C12H20ClN5O2S. The number of likely N-dealkylation sites (tertiary alicyclic amines) is 1. The quantitative estimate of drug-likeness (QED) is 0.605. The SMILES string of the molecule is CN1CCC(CN(C)S(=O)(=O)c2cnc(NN)c(Cl)c2)C1. The third kappa shape index (κ3) is 3.64. The first-order valence-electron chi connectivity index (χ1n) is 6.61. The zero-order valence-corrected chi connectivity index (χ0v) is 13.7. The lowest BCUT2D eigenvalue weighted by molar-refractivity contribution is 0.356. The third-order valence-electron chi connectivity index (χ3n) is 3.67. The van der Waals surface area contributed by atoms with Crippen LogP contribution in [0.25, 0.3) is 0 Å². The summed E-state index contributed by atoms with van der Waals surface area (Å²) in [6, 6.07) is 1.36. The molecule has 3 N–H and O–H groups in total. The van der Waals surface area contributed by atoms with Gasteiger partial charge < -0.3 is 10.3 Å². The molecule has 0 saturated carbocycles. The molecule has 1 saturated heterocycles. The van der Waals surface area contributed by atoms with Gasteiger partial charge in [-0.3, -0.25) is 0 Å². The molecule has 1 fully saturated rings. The number of rotatable bonds is 5. The van der Waals surface area contributed by atoms with E-state index in [9.17, 15) is 8.42 Å². The number of hydrazine groups is 1. The minimum Gasteiger partial charge on any atom is -0.307 e. The van der Waals surface area contributed by atoms with Crippen LogP contribution in [0, 0.1) is 5.92 Å². The fourth-order valence-electron chi connectivity index (χ4n) is 2.48. The fraction of sp³-hybridized carbons (Fsp3) is 0.583. The number of nitrogen functional groups attached to an aromatic ring is 1. The van der Waals surface area contributed by atoms with Crippen LogP contribution in [-0.4, -0.2) is 56.3 Å². The predicted octanol–water partition coefficient (Wildman–Crippen LogP) is 0.593. The van der Waals surface area contributed by atoms with E-state index in [1.54, 1.807) is 7.05 Å². The van der Waals surface area contributed by atoms with Gasteiger partial charge in [0.25, 0.3) is 0 Å². The first-order chi connectivity index (χ1) is 9.84. The van der Waals surface area contributed by atoms with E-state index < -0.39 is 10.0 Å². The number of sulfonamides is 1. The molecule has 21 heavy (non-hydrogen) atoms. The lowest BCUT2D eigenvalue weighted by Crippen LogP contribution is -2.33. The van der Waals surface area contributed by atoms with Gasteiger partial charge in [-0.05, 0) is 32.0 Å². The van der Waals surface area contributed by atoms with Crippen LogP contribution in [-0.2, 0) is 10.0 Å². The zero-order chi connectivity index (χ0) is 15.6. The minimum atomic E-state index is -3.59. The van der Waals surface area contributed by atoms with Crippen molar-refractivity contribution in [3.8, 4) is 0 Å². The first kappa shape index (κ1) is 16.4. The van der Waals surface area contributed by atoms with Gasteiger partial charge in [0.15, 0.2) is 5.82 Å². The molecule has 7 nitrogen and oxygen atoms in total. The van der Waals surface area contributed by atoms with Crippen molar-refractivity contribution in [2.75, 3.05) is 39.2 Å². The molecular weight excluding hydrogens is 314 g/mol. The summed E-state index contributed by atoms with van der Waals surface area (Å²) in [6.45, 7) is 2.40. The largest absolute Gasteiger partial charge is 0.307 e. The molecule has 118 valence electrons. The Morgan fingerprint density at radius 2 is 2.33 bits per heavy atom. The van der Waals surface area contributed by atoms with Crippen molar-refractivity contribution in [2.45, 2.75) is 11.3 Å². The molecule has 1 aromatic rings. The fourth-order valence-corrected chi connectivity index (χ4v) is 3.99. The highest BCUT2D eigenvalue weighted by Crippen LogP contribution is 2.24. The third-order valence-corrected chi connectivity index (χ3v) is 5.74. The van der Waals surface area contributed by atoms with E-state index in [4.69, 9.17) is 17.4 Å². The van der Waals surface area contributed by atoms with E-state index in [0.717, 1.165) is 19.5 Å². The van der Waals surface area contributed by atoms with Crippen LogP contribution >= 0.6 is 11.6 Å². The highest BCUT2D eigenvalue weighted by atomic mass is 35.5. The van der Waals surface area contributed by atoms with Gasteiger partial charge in [-0.15, -0.1) is 0 Å². The van der Waals surface area contributed by atoms with Crippen molar-refractivity contribution >= 4 is 27.4 Å². The number of aromatic nitrogens is 1. The Labute approximate surface area is 130 Å². The highest BCUT2D eigenvalue weighted by molar-refractivity contribution is 7.89. The van der Waals surface area contributed by atoms with Gasteiger partial charge in [-0.2, -0.15) is 0 Å². The Hall–Kier alpha value is -0.930. The number of halogens is 1. The van der Waals surface area contributed by atoms with Crippen molar-refractivity contribution in [3.05, 3.63) is 17.3 Å². The Morgan fingerprint density at radius 3 is 2.86 bits per heavy atom. The first-order valence-corrected chi connectivity index (χ1v) is 8.43. The second kappa shape index (κ2) is 6.45. The summed E-state index contributed by atoms with van der Waals surface area (Å²) in [5.74, 6) is 5.83. The molecule has 0 aliphatic carbocycles. The van der Waals surface area contributed by atoms with Crippen molar-refractivity contribution in [3.63, 3.8) is 0 Å². The number of nitrogens with two attached hydrogens (primary N) is 1. The van der Waals surface area contributed by atoms with Gasteiger partial charge in [-0.25, -0.2) is 23.5 Å².